The molecule has 0 saturated heterocycles. The second kappa shape index (κ2) is 7.92. The second-order valence-corrected chi connectivity index (χ2v) is 8.29. The van der Waals surface area contributed by atoms with E-state index >= 15 is 0 Å². The van der Waals surface area contributed by atoms with Crippen molar-refractivity contribution in [2.24, 2.45) is 0 Å². The molecule has 0 heterocycles. The molecule has 0 aliphatic carbocycles. The van der Waals surface area contributed by atoms with Crippen molar-refractivity contribution in [3.05, 3.63) is 64.2 Å². The Morgan fingerprint density at radius 1 is 1.14 bits per heavy atom. The number of nitrogens with zero attached hydrogens (tertiary/aromatic N) is 1. The molecule has 0 spiro atoms. The van der Waals surface area contributed by atoms with Gasteiger partial charge in [0.2, 0.25) is 10.0 Å². The minimum atomic E-state index is -4.53. The van der Waals surface area contributed by atoms with Gasteiger partial charge in [-0.25, -0.2) is 13.1 Å². The van der Waals surface area contributed by atoms with Gasteiger partial charge in [0.15, 0.2) is 0 Å². The van der Waals surface area contributed by atoms with Crippen LogP contribution in [0.3, 0.4) is 0 Å². The van der Waals surface area contributed by atoms with E-state index < -0.39 is 27.7 Å². The van der Waals surface area contributed by atoms with Crippen molar-refractivity contribution in [3.8, 4) is 0 Å². The summed E-state index contributed by atoms with van der Waals surface area (Å²) in [5.41, 5.74) is 0.314. The first-order valence-corrected chi connectivity index (χ1v) is 9.82. The normalized spacial score (nSPS) is 12.1. The Balaban J connectivity index is 2.40. The molecule has 0 aliphatic rings. The van der Waals surface area contributed by atoms with Crippen molar-refractivity contribution in [1.82, 2.24) is 9.62 Å². The topological polar surface area (TPSA) is 66.5 Å². The van der Waals surface area contributed by atoms with Crippen LogP contribution < -0.4 is 4.72 Å². The lowest BCUT2D eigenvalue weighted by Gasteiger charge is -2.21. The molecule has 5 nitrogen and oxygen atoms in total. The monoisotopic (exact) mass is 414 g/mol. The largest absolute Gasteiger partial charge is 0.416 e. The Hall–Kier alpha value is -2.39. The summed E-state index contributed by atoms with van der Waals surface area (Å²) in [4.78, 5) is 13.9. The summed E-state index contributed by atoms with van der Waals surface area (Å²) in [6.45, 7) is 3.02. The smallest absolute Gasteiger partial charge is 0.337 e. The van der Waals surface area contributed by atoms with Gasteiger partial charge >= 0.3 is 6.18 Å². The maximum absolute atomic E-state index is 13.2. The number of carbonyl (C=O) groups is 1. The van der Waals surface area contributed by atoms with Crippen LogP contribution in [-0.4, -0.2) is 33.3 Å². The first kappa shape index (κ1) is 21.9. The highest BCUT2D eigenvalue weighted by atomic mass is 32.2. The van der Waals surface area contributed by atoms with Gasteiger partial charge in [0.05, 0.1) is 10.5 Å². The third kappa shape index (κ3) is 4.53. The van der Waals surface area contributed by atoms with Crippen LogP contribution in [0, 0.1) is 13.8 Å². The first-order valence-electron chi connectivity index (χ1n) is 8.34. The lowest BCUT2D eigenvalue weighted by molar-refractivity contribution is -0.138. The summed E-state index contributed by atoms with van der Waals surface area (Å²) in [6, 6.07) is 7.79. The molecule has 2 aromatic carbocycles. The van der Waals surface area contributed by atoms with E-state index in [2.05, 4.69) is 4.72 Å². The fourth-order valence-corrected chi connectivity index (χ4v) is 3.89. The third-order valence-corrected chi connectivity index (χ3v) is 6.04. The number of nitrogens with one attached hydrogen (secondary N) is 1. The molecular weight excluding hydrogens is 393 g/mol. The molecule has 0 saturated carbocycles. The van der Waals surface area contributed by atoms with Gasteiger partial charge in [0.1, 0.15) is 0 Å². The van der Waals surface area contributed by atoms with Crippen molar-refractivity contribution in [1.29, 1.82) is 0 Å². The quantitative estimate of drug-likeness (QED) is 0.814. The van der Waals surface area contributed by atoms with Gasteiger partial charge in [-0.2, -0.15) is 13.2 Å². The lowest BCUT2D eigenvalue weighted by atomic mass is 10.0. The summed E-state index contributed by atoms with van der Waals surface area (Å²) >= 11 is 0. The molecule has 2 rings (SSSR count). The fourth-order valence-electron chi connectivity index (χ4n) is 2.82. The van der Waals surface area contributed by atoms with E-state index in [0.717, 1.165) is 11.0 Å². The third-order valence-electron chi connectivity index (χ3n) is 4.50. The average molecular weight is 414 g/mol. The maximum Gasteiger partial charge on any atom is 0.416 e. The molecule has 0 aromatic heterocycles. The maximum atomic E-state index is 13.2. The van der Waals surface area contributed by atoms with Crippen LogP contribution in [-0.2, 0) is 22.7 Å². The Kier molecular flexibility index (Phi) is 6.20. The molecule has 0 aliphatic heterocycles. The number of benzene rings is 2. The predicted molar refractivity (Wildman–Crippen MR) is 99.4 cm³/mol. The van der Waals surface area contributed by atoms with Gasteiger partial charge in [-0.05, 0) is 55.8 Å². The minimum Gasteiger partial charge on any atom is -0.337 e. The lowest BCUT2D eigenvalue weighted by Crippen LogP contribution is -2.28. The van der Waals surface area contributed by atoms with Gasteiger partial charge in [-0.15, -0.1) is 0 Å². The molecule has 28 heavy (non-hydrogen) atoms. The molecular formula is C19H21F3N2O3S. The fraction of sp³-hybridized carbons (Fsp3) is 0.316. The molecule has 1 N–H and O–H groups in total. The first-order chi connectivity index (χ1) is 12.9. The van der Waals surface area contributed by atoms with Gasteiger partial charge in [0, 0.05) is 19.2 Å². The number of rotatable bonds is 5. The predicted octanol–water partition coefficient (Wildman–Crippen LogP) is 3.50. The number of aryl methyl sites for hydroxylation is 1. The Bertz CT molecular complexity index is 1000. The summed E-state index contributed by atoms with van der Waals surface area (Å²) < 4.78 is 66.1. The average Bonchev–Trinajstić information content (AvgIpc) is 2.62. The van der Waals surface area contributed by atoms with Crippen molar-refractivity contribution < 1.29 is 26.4 Å². The molecule has 2 aromatic rings. The van der Waals surface area contributed by atoms with E-state index in [1.165, 1.54) is 44.4 Å². The number of alkyl halides is 3. The number of hydrogen-bond donors (Lipinski definition) is 1. The van der Waals surface area contributed by atoms with E-state index in [4.69, 9.17) is 0 Å². The molecule has 0 bridgehead atoms. The summed E-state index contributed by atoms with van der Waals surface area (Å²) in [5.74, 6) is -0.576. The molecule has 0 radical (unpaired) electrons. The number of sulfonamides is 1. The van der Waals surface area contributed by atoms with Gasteiger partial charge in [-0.1, -0.05) is 18.2 Å². The standard InChI is InChI=1S/C19H21F3N2O3S/c1-12-9-15(10-17(13(12)2)28(26,27)23-3)18(25)24(4)11-14-7-5-6-8-16(14)19(20,21)22/h5-10,23H,11H2,1-4H3. The highest BCUT2D eigenvalue weighted by Crippen LogP contribution is 2.32. The van der Waals surface area contributed by atoms with E-state index in [9.17, 15) is 26.4 Å². The molecule has 9 heteroatoms. The van der Waals surface area contributed by atoms with E-state index in [0.29, 0.717) is 11.1 Å². The van der Waals surface area contributed by atoms with E-state index in [1.54, 1.807) is 13.8 Å². The highest BCUT2D eigenvalue weighted by Gasteiger charge is 2.33. The molecule has 0 atom stereocenters. The Morgan fingerprint density at radius 2 is 1.75 bits per heavy atom. The number of halogens is 3. The molecule has 1 amide bonds. The molecule has 0 unspecified atom stereocenters. The van der Waals surface area contributed by atoms with Gasteiger partial charge in [-0.3, -0.25) is 4.79 Å². The van der Waals surface area contributed by atoms with Crippen LogP contribution in [0.4, 0.5) is 13.2 Å². The SMILES string of the molecule is CNS(=O)(=O)c1cc(C(=O)N(C)Cc2ccccc2C(F)(F)F)cc(C)c1C. The minimum absolute atomic E-state index is 0.0394. The Morgan fingerprint density at radius 3 is 2.32 bits per heavy atom. The summed E-state index contributed by atoms with van der Waals surface area (Å²) in [6.07, 6.45) is -4.53. The van der Waals surface area contributed by atoms with Crippen molar-refractivity contribution in [3.63, 3.8) is 0 Å². The van der Waals surface area contributed by atoms with Crippen LogP contribution in [0.15, 0.2) is 41.3 Å². The molecule has 152 valence electrons. The van der Waals surface area contributed by atoms with Crippen LogP contribution in [0.2, 0.25) is 0 Å². The van der Waals surface area contributed by atoms with Crippen molar-refractivity contribution in [2.45, 2.75) is 31.5 Å². The van der Waals surface area contributed by atoms with Crippen molar-refractivity contribution in [2.75, 3.05) is 14.1 Å². The second-order valence-electron chi connectivity index (χ2n) is 6.44. The van der Waals surface area contributed by atoms with Gasteiger partial charge in [0.25, 0.3) is 5.91 Å². The van der Waals surface area contributed by atoms with E-state index in [1.807, 2.05) is 0 Å². The van der Waals surface area contributed by atoms with Crippen molar-refractivity contribution >= 4 is 15.9 Å². The van der Waals surface area contributed by atoms with E-state index in [-0.39, 0.29) is 22.6 Å². The number of carbonyl (C=O) groups excluding carboxylic acids is 1. The molecule has 0 fully saturated rings. The van der Waals surface area contributed by atoms with Crippen LogP contribution in [0.1, 0.15) is 32.6 Å². The number of hydrogen-bond acceptors (Lipinski definition) is 3. The summed E-state index contributed by atoms with van der Waals surface area (Å²) in [5, 5.41) is 0. The zero-order chi connectivity index (χ0) is 21.3. The Labute approximate surface area is 162 Å². The van der Waals surface area contributed by atoms with Crippen LogP contribution >= 0.6 is 0 Å². The van der Waals surface area contributed by atoms with Crippen LogP contribution in [0.25, 0.3) is 0 Å². The summed E-state index contributed by atoms with van der Waals surface area (Å²) in [7, 11) is -1.15. The zero-order valence-corrected chi connectivity index (χ0v) is 16.7. The van der Waals surface area contributed by atoms with Gasteiger partial charge < -0.3 is 4.90 Å². The highest BCUT2D eigenvalue weighted by molar-refractivity contribution is 7.89. The van der Waals surface area contributed by atoms with Crippen LogP contribution in [0.5, 0.6) is 0 Å². The number of amides is 1. The zero-order valence-electron chi connectivity index (χ0n) is 15.9.